The van der Waals surface area contributed by atoms with Gasteiger partial charge in [-0.15, -0.1) is 0 Å². The molecule has 2 aliphatic heterocycles. The third-order valence-corrected chi connectivity index (χ3v) is 18.9. The summed E-state index contributed by atoms with van der Waals surface area (Å²) in [4.78, 5) is 5.58. The van der Waals surface area contributed by atoms with E-state index >= 15 is 0 Å². The van der Waals surface area contributed by atoms with Gasteiger partial charge in [-0.1, -0.05) is 181 Å². The van der Waals surface area contributed by atoms with Crippen LogP contribution in [0.5, 0.6) is 0 Å². The lowest BCUT2D eigenvalue weighted by Gasteiger charge is -2.47. The maximum absolute atomic E-state index is 2.79. The van der Waals surface area contributed by atoms with Gasteiger partial charge >= 0.3 is 0 Å². The van der Waals surface area contributed by atoms with E-state index in [1.165, 1.54) is 128 Å². The standard InChI is InChI=1S/C70H61BN2/c1-7-69(3,4)56-40-58-67(54-34-17-30-48(54)56)72(60-36-19-32-52-46-24-11-9-22-42(46)44-26-13-15-28-50(44)64(52)60)62-38-21-39-63-66(62)71(58)59-41-57(70(5,6)8-2)49-31-18-35-55(49)68(59)73(63)61-37-20-33-53-47-25-12-10-23-43(47)45-27-14-16-29-51(45)65(53)61/h9-16,19-29,32-33,36-41H,7-8,17-18,30-31,34-35H2,1-6H3. The molecule has 2 nitrogen and oxygen atoms in total. The first-order chi connectivity index (χ1) is 35.7. The first-order valence-corrected chi connectivity index (χ1v) is 27.4. The van der Waals surface area contributed by atoms with Crippen molar-refractivity contribution in [2.75, 3.05) is 9.80 Å². The molecule has 15 rings (SSSR count). The van der Waals surface area contributed by atoms with Crippen molar-refractivity contribution in [3.63, 3.8) is 0 Å². The second-order valence-electron chi connectivity index (χ2n) is 23.2. The number of fused-ring (bicyclic) bond motifs is 20. The summed E-state index contributed by atoms with van der Waals surface area (Å²) in [5, 5.41) is 15.8. The Balaban J connectivity index is 1.13. The molecule has 2 heterocycles. The predicted molar refractivity (Wildman–Crippen MR) is 316 cm³/mol. The predicted octanol–water partition coefficient (Wildman–Crippen LogP) is 17.0. The highest BCUT2D eigenvalue weighted by atomic mass is 15.2. The summed E-state index contributed by atoms with van der Waals surface area (Å²) < 4.78 is 0. The van der Waals surface area contributed by atoms with E-state index in [-0.39, 0.29) is 17.5 Å². The van der Waals surface area contributed by atoms with Crippen LogP contribution >= 0.6 is 0 Å². The van der Waals surface area contributed by atoms with Gasteiger partial charge in [0.05, 0.1) is 11.4 Å². The van der Waals surface area contributed by atoms with Crippen LogP contribution in [0.25, 0.3) is 64.6 Å². The molecule has 11 aromatic carbocycles. The largest absolute Gasteiger partial charge is 0.311 e. The molecular weight excluding hydrogens is 880 g/mol. The van der Waals surface area contributed by atoms with E-state index in [4.69, 9.17) is 0 Å². The van der Waals surface area contributed by atoms with Crippen molar-refractivity contribution >= 4 is 122 Å². The Hall–Kier alpha value is -7.36. The Morgan fingerprint density at radius 3 is 1.04 bits per heavy atom. The molecule has 0 atom stereocenters. The molecule has 0 spiro atoms. The van der Waals surface area contributed by atoms with Crippen LogP contribution in [0.1, 0.15) is 101 Å². The van der Waals surface area contributed by atoms with Gasteiger partial charge in [0.2, 0.25) is 0 Å². The molecule has 11 aromatic rings. The summed E-state index contributed by atoms with van der Waals surface area (Å²) in [6, 6.07) is 63.7. The molecule has 0 aromatic heterocycles. The van der Waals surface area contributed by atoms with Crippen LogP contribution in [-0.4, -0.2) is 6.71 Å². The lowest BCUT2D eigenvalue weighted by atomic mass is 9.32. The average molecular weight is 941 g/mol. The van der Waals surface area contributed by atoms with Crippen molar-refractivity contribution < 1.29 is 0 Å². The number of rotatable bonds is 6. The van der Waals surface area contributed by atoms with E-state index in [2.05, 4.69) is 215 Å². The maximum atomic E-state index is 2.79. The molecule has 0 unspecified atom stereocenters. The van der Waals surface area contributed by atoms with Gasteiger partial charge in [-0.05, 0) is 190 Å². The van der Waals surface area contributed by atoms with E-state index in [1.54, 1.807) is 33.4 Å². The monoisotopic (exact) mass is 940 g/mol. The SMILES string of the molecule is CCC(C)(C)c1cc2c(c3c1CCC3)N(c1cccc3c4ccccc4c4ccccc4c13)c1cccc3c1B2c1cc(C(C)(C)CC)c2c(c1N3c1cccc3c4ccccc4c4ccccc4c13)CCC2. The van der Waals surface area contributed by atoms with Crippen molar-refractivity contribution in [3.8, 4) is 0 Å². The van der Waals surface area contributed by atoms with Crippen molar-refractivity contribution in [2.45, 2.75) is 104 Å². The molecule has 0 saturated heterocycles. The highest BCUT2D eigenvalue weighted by molar-refractivity contribution is 7.00. The van der Waals surface area contributed by atoms with Crippen molar-refractivity contribution in [2.24, 2.45) is 0 Å². The van der Waals surface area contributed by atoms with Gasteiger partial charge in [-0.2, -0.15) is 0 Å². The van der Waals surface area contributed by atoms with Gasteiger partial charge in [0.1, 0.15) is 0 Å². The third kappa shape index (κ3) is 5.83. The smallest absolute Gasteiger partial charge is 0.252 e. The van der Waals surface area contributed by atoms with Crippen LogP contribution < -0.4 is 26.2 Å². The zero-order valence-electron chi connectivity index (χ0n) is 43.2. The Kier molecular flexibility index (Phi) is 9.23. The minimum absolute atomic E-state index is 0.0201. The first-order valence-electron chi connectivity index (χ1n) is 27.4. The Labute approximate surface area is 430 Å². The normalized spacial score (nSPS) is 15.0. The van der Waals surface area contributed by atoms with Crippen LogP contribution in [0, 0.1) is 0 Å². The summed E-state index contributed by atoms with van der Waals surface area (Å²) in [6.45, 7) is 14.9. The Morgan fingerprint density at radius 2 is 0.671 bits per heavy atom. The molecule has 0 fully saturated rings. The van der Waals surface area contributed by atoms with E-state index < -0.39 is 0 Å². The molecule has 0 bridgehead atoms. The number of hydrogen-bond acceptors (Lipinski definition) is 2. The van der Waals surface area contributed by atoms with E-state index in [9.17, 15) is 0 Å². The molecule has 0 saturated carbocycles. The highest BCUT2D eigenvalue weighted by Gasteiger charge is 2.48. The minimum Gasteiger partial charge on any atom is -0.311 e. The molecular formula is C70H61BN2. The third-order valence-electron chi connectivity index (χ3n) is 18.9. The molecule has 354 valence electrons. The number of nitrogens with zero attached hydrogens (tertiary/aromatic N) is 2. The fourth-order valence-corrected chi connectivity index (χ4v) is 14.8. The Bertz CT molecular complexity index is 3860. The van der Waals surface area contributed by atoms with E-state index in [0.717, 1.165) is 38.5 Å². The highest BCUT2D eigenvalue weighted by Crippen LogP contribution is 2.54. The number of hydrogen-bond donors (Lipinski definition) is 0. The molecule has 73 heavy (non-hydrogen) atoms. The molecule has 3 heteroatoms. The van der Waals surface area contributed by atoms with Crippen LogP contribution in [0.15, 0.2) is 164 Å². The summed E-state index contributed by atoms with van der Waals surface area (Å²) in [6.07, 6.45) is 8.99. The van der Waals surface area contributed by atoms with Gasteiger partial charge in [-0.25, -0.2) is 0 Å². The van der Waals surface area contributed by atoms with Crippen molar-refractivity contribution in [3.05, 3.63) is 197 Å². The molecule has 0 amide bonds. The molecule has 0 radical (unpaired) electrons. The van der Waals surface area contributed by atoms with Gasteiger partial charge in [-0.3, -0.25) is 0 Å². The zero-order valence-corrected chi connectivity index (χ0v) is 43.2. The molecule has 4 aliphatic rings. The summed E-state index contributed by atoms with van der Waals surface area (Å²) in [5.74, 6) is 0. The lowest BCUT2D eigenvalue weighted by Crippen LogP contribution is -2.62. The van der Waals surface area contributed by atoms with Crippen molar-refractivity contribution in [1.29, 1.82) is 0 Å². The minimum atomic E-state index is 0.0201. The van der Waals surface area contributed by atoms with Crippen molar-refractivity contribution in [1.82, 2.24) is 0 Å². The van der Waals surface area contributed by atoms with Crippen LogP contribution in [0.3, 0.4) is 0 Å². The quantitative estimate of drug-likeness (QED) is 0.121. The molecule has 2 aliphatic carbocycles. The second-order valence-corrected chi connectivity index (χ2v) is 23.2. The molecule has 0 N–H and O–H groups in total. The van der Waals surface area contributed by atoms with Crippen LogP contribution in [0.2, 0.25) is 0 Å². The fourth-order valence-electron chi connectivity index (χ4n) is 14.8. The maximum Gasteiger partial charge on any atom is 0.252 e. The van der Waals surface area contributed by atoms with Gasteiger partial charge < -0.3 is 9.80 Å². The first kappa shape index (κ1) is 43.2. The number of anilines is 6. The Morgan fingerprint density at radius 1 is 0.370 bits per heavy atom. The average Bonchev–Trinajstić information content (AvgIpc) is 4.14. The van der Waals surface area contributed by atoms with Gasteiger partial charge in [0.15, 0.2) is 0 Å². The van der Waals surface area contributed by atoms with Crippen LogP contribution in [0.4, 0.5) is 34.1 Å². The topological polar surface area (TPSA) is 6.48 Å². The summed E-state index contributed by atoms with van der Waals surface area (Å²) >= 11 is 0. The van der Waals surface area contributed by atoms with E-state index in [0.29, 0.717) is 0 Å². The number of benzene rings is 11. The zero-order chi connectivity index (χ0) is 49.1. The summed E-state index contributed by atoms with van der Waals surface area (Å²) in [5.41, 5.74) is 21.9. The summed E-state index contributed by atoms with van der Waals surface area (Å²) in [7, 11) is 0. The van der Waals surface area contributed by atoms with Gasteiger partial charge in [0.25, 0.3) is 6.71 Å². The van der Waals surface area contributed by atoms with Gasteiger partial charge in [0, 0.05) is 33.5 Å². The second kappa shape index (κ2) is 15.6. The lowest BCUT2D eigenvalue weighted by molar-refractivity contribution is 0.502. The van der Waals surface area contributed by atoms with Crippen LogP contribution in [-0.2, 0) is 36.5 Å². The fraction of sp³-hybridized carbons (Fsp3) is 0.229. The van der Waals surface area contributed by atoms with E-state index in [1.807, 2.05) is 0 Å².